The van der Waals surface area contributed by atoms with Crippen molar-refractivity contribution in [3.05, 3.63) is 34.9 Å². The number of unbranched alkanes of at least 4 members (excludes halogenated alkanes) is 1. The van der Waals surface area contributed by atoms with Crippen LogP contribution in [0.1, 0.15) is 25.3 Å². The molecule has 0 heterocycles. The van der Waals surface area contributed by atoms with E-state index in [1.54, 1.807) is 4.90 Å². The largest absolute Gasteiger partial charge is 0.337 e. The summed E-state index contributed by atoms with van der Waals surface area (Å²) in [5.74, 6) is -0.0153. The molecule has 17 heavy (non-hydrogen) atoms. The Hall–Kier alpha value is -1.06. The van der Waals surface area contributed by atoms with Gasteiger partial charge in [-0.25, -0.2) is 0 Å². The lowest BCUT2D eigenvalue weighted by atomic mass is 10.2. The maximum atomic E-state index is 11.7. The summed E-state index contributed by atoms with van der Waals surface area (Å²) in [6.45, 7) is 3.49. The van der Waals surface area contributed by atoms with Crippen LogP contribution in [-0.4, -0.2) is 23.9 Å². The van der Waals surface area contributed by atoms with Crippen LogP contribution in [0.3, 0.4) is 0 Å². The van der Waals surface area contributed by atoms with Crippen molar-refractivity contribution in [2.24, 2.45) is 5.73 Å². The quantitative estimate of drug-likeness (QED) is 0.848. The molecule has 0 aliphatic heterocycles. The number of carbonyl (C=O) groups is 1. The van der Waals surface area contributed by atoms with Crippen molar-refractivity contribution < 1.29 is 4.79 Å². The fourth-order valence-corrected chi connectivity index (χ4v) is 1.84. The number of nitrogens with zero attached hydrogens (tertiary/aromatic N) is 1. The Labute approximate surface area is 108 Å². The van der Waals surface area contributed by atoms with Crippen LogP contribution < -0.4 is 5.73 Å². The molecule has 0 aromatic heterocycles. The molecule has 0 bridgehead atoms. The molecule has 0 aliphatic rings. The topological polar surface area (TPSA) is 46.3 Å². The molecule has 0 atom stereocenters. The number of halogens is 1. The molecule has 3 nitrogen and oxygen atoms in total. The monoisotopic (exact) mass is 254 g/mol. The van der Waals surface area contributed by atoms with Gasteiger partial charge in [0.25, 0.3) is 0 Å². The van der Waals surface area contributed by atoms with E-state index in [1.807, 2.05) is 24.3 Å². The van der Waals surface area contributed by atoms with Crippen LogP contribution in [0.4, 0.5) is 0 Å². The molecule has 0 saturated carbocycles. The SMILES string of the molecule is CCCCN(Cc1cccc(Cl)c1)C(=O)CN. The summed E-state index contributed by atoms with van der Waals surface area (Å²) in [6.07, 6.45) is 2.05. The number of carbonyl (C=O) groups excluding carboxylic acids is 1. The summed E-state index contributed by atoms with van der Waals surface area (Å²) in [6, 6.07) is 7.56. The summed E-state index contributed by atoms with van der Waals surface area (Å²) in [5.41, 5.74) is 6.45. The van der Waals surface area contributed by atoms with E-state index in [9.17, 15) is 4.79 Å². The van der Waals surface area contributed by atoms with Gasteiger partial charge in [-0.15, -0.1) is 0 Å². The molecule has 1 aromatic rings. The number of nitrogens with two attached hydrogens (primary N) is 1. The summed E-state index contributed by atoms with van der Waals surface area (Å²) < 4.78 is 0. The van der Waals surface area contributed by atoms with Gasteiger partial charge in [-0.2, -0.15) is 0 Å². The van der Waals surface area contributed by atoms with E-state index in [-0.39, 0.29) is 12.5 Å². The Morgan fingerprint density at radius 2 is 2.24 bits per heavy atom. The van der Waals surface area contributed by atoms with E-state index >= 15 is 0 Å². The van der Waals surface area contributed by atoms with Gasteiger partial charge >= 0.3 is 0 Å². The molecular formula is C13H19ClN2O. The van der Waals surface area contributed by atoms with Crippen LogP contribution in [0.15, 0.2) is 24.3 Å². The van der Waals surface area contributed by atoms with Crippen molar-refractivity contribution in [3.8, 4) is 0 Å². The number of amides is 1. The van der Waals surface area contributed by atoms with Crippen LogP contribution in [0.5, 0.6) is 0 Å². The molecule has 2 N–H and O–H groups in total. The molecular weight excluding hydrogens is 236 g/mol. The third-order valence-corrected chi connectivity index (χ3v) is 2.81. The highest BCUT2D eigenvalue weighted by Crippen LogP contribution is 2.13. The molecule has 1 amide bonds. The Bertz CT molecular complexity index is 368. The third-order valence-electron chi connectivity index (χ3n) is 2.57. The Morgan fingerprint density at radius 1 is 1.47 bits per heavy atom. The number of hydrogen-bond acceptors (Lipinski definition) is 2. The zero-order valence-electron chi connectivity index (χ0n) is 10.2. The van der Waals surface area contributed by atoms with E-state index in [0.29, 0.717) is 11.6 Å². The van der Waals surface area contributed by atoms with Gasteiger partial charge in [0.2, 0.25) is 5.91 Å². The minimum absolute atomic E-state index is 0.0153. The van der Waals surface area contributed by atoms with E-state index in [2.05, 4.69) is 6.92 Å². The predicted molar refractivity (Wildman–Crippen MR) is 70.8 cm³/mol. The lowest BCUT2D eigenvalue weighted by Gasteiger charge is -2.22. The van der Waals surface area contributed by atoms with Crippen LogP contribution in [0.2, 0.25) is 5.02 Å². The van der Waals surface area contributed by atoms with Gasteiger partial charge < -0.3 is 10.6 Å². The van der Waals surface area contributed by atoms with Gasteiger partial charge in [-0.1, -0.05) is 37.1 Å². The molecule has 0 saturated heterocycles. The molecule has 4 heteroatoms. The number of hydrogen-bond donors (Lipinski definition) is 1. The number of rotatable bonds is 6. The normalized spacial score (nSPS) is 10.3. The zero-order valence-corrected chi connectivity index (χ0v) is 10.9. The predicted octanol–water partition coefficient (Wildman–Crippen LogP) is 2.43. The first-order chi connectivity index (χ1) is 8.17. The maximum absolute atomic E-state index is 11.7. The smallest absolute Gasteiger partial charge is 0.236 e. The second-order valence-corrected chi connectivity index (χ2v) is 4.44. The van der Waals surface area contributed by atoms with Gasteiger partial charge in [0.1, 0.15) is 0 Å². The van der Waals surface area contributed by atoms with Crippen molar-refractivity contribution in [2.75, 3.05) is 13.1 Å². The molecule has 94 valence electrons. The van der Waals surface area contributed by atoms with Crippen LogP contribution in [-0.2, 0) is 11.3 Å². The highest BCUT2D eigenvalue weighted by atomic mass is 35.5. The lowest BCUT2D eigenvalue weighted by molar-refractivity contribution is -0.130. The summed E-state index contributed by atoms with van der Waals surface area (Å²) >= 11 is 5.92. The molecule has 0 radical (unpaired) electrons. The molecule has 1 aromatic carbocycles. The van der Waals surface area contributed by atoms with Gasteiger partial charge in [-0.05, 0) is 24.1 Å². The summed E-state index contributed by atoms with van der Waals surface area (Å²) in [5, 5.41) is 0.693. The fraction of sp³-hybridized carbons (Fsp3) is 0.462. The second-order valence-electron chi connectivity index (χ2n) is 4.00. The van der Waals surface area contributed by atoms with Crippen LogP contribution >= 0.6 is 11.6 Å². The van der Waals surface area contributed by atoms with Crippen molar-refractivity contribution in [2.45, 2.75) is 26.3 Å². The first-order valence-corrected chi connectivity index (χ1v) is 6.27. The fourth-order valence-electron chi connectivity index (χ4n) is 1.63. The highest BCUT2D eigenvalue weighted by molar-refractivity contribution is 6.30. The maximum Gasteiger partial charge on any atom is 0.236 e. The summed E-state index contributed by atoms with van der Waals surface area (Å²) in [7, 11) is 0. The van der Waals surface area contributed by atoms with Crippen molar-refractivity contribution in [3.63, 3.8) is 0 Å². The van der Waals surface area contributed by atoms with E-state index in [0.717, 1.165) is 24.9 Å². The first-order valence-electron chi connectivity index (χ1n) is 5.89. The van der Waals surface area contributed by atoms with Crippen LogP contribution in [0, 0.1) is 0 Å². The Balaban J connectivity index is 2.68. The van der Waals surface area contributed by atoms with Gasteiger partial charge in [0, 0.05) is 18.1 Å². The average molecular weight is 255 g/mol. The van der Waals surface area contributed by atoms with Crippen molar-refractivity contribution >= 4 is 17.5 Å². The molecule has 0 aliphatic carbocycles. The van der Waals surface area contributed by atoms with Gasteiger partial charge in [0.05, 0.1) is 6.54 Å². The van der Waals surface area contributed by atoms with E-state index < -0.39 is 0 Å². The third kappa shape index (κ3) is 4.75. The Kier molecular flexibility index (Phi) is 6.01. The molecule has 0 spiro atoms. The first kappa shape index (κ1) is 14.0. The van der Waals surface area contributed by atoms with Crippen LogP contribution in [0.25, 0.3) is 0 Å². The minimum atomic E-state index is -0.0153. The van der Waals surface area contributed by atoms with Crippen molar-refractivity contribution in [1.82, 2.24) is 4.90 Å². The molecule has 1 rings (SSSR count). The van der Waals surface area contributed by atoms with Gasteiger partial charge in [0.15, 0.2) is 0 Å². The van der Waals surface area contributed by atoms with E-state index in [1.165, 1.54) is 0 Å². The summed E-state index contributed by atoms with van der Waals surface area (Å²) in [4.78, 5) is 13.5. The van der Waals surface area contributed by atoms with Crippen molar-refractivity contribution in [1.29, 1.82) is 0 Å². The highest BCUT2D eigenvalue weighted by Gasteiger charge is 2.11. The number of benzene rings is 1. The van der Waals surface area contributed by atoms with Gasteiger partial charge in [-0.3, -0.25) is 4.79 Å². The molecule has 0 unspecified atom stereocenters. The Morgan fingerprint density at radius 3 is 2.82 bits per heavy atom. The van der Waals surface area contributed by atoms with E-state index in [4.69, 9.17) is 17.3 Å². The standard InChI is InChI=1S/C13H19ClN2O/c1-2-3-7-16(13(17)9-15)10-11-5-4-6-12(14)8-11/h4-6,8H,2-3,7,9-10,15H2,1H3. The molecule has 0 fully saturated rings. The second kappa shape index (κ2) is 7.30. The lowest BCUT2D eigenvalue weighted by Crippen LogP contribution is -2.36. The minimum Gasteiger partial charge on any atom is -0.337 e. The zero-order chi connectivity index (χ0) is 12.7. The average Bonchev–Trinajstić information content (AvgIpc) is 2.33.